The fraction of sp³-hybridized carbons (Fsp3) is 0.462. The van der Waals surface area contributed by atoms with E-state index in [2.05, 4.69) is 10.3 Å². The van der Waals surface area contributed by atoms with Gasteiger partial charge in [0.05, 0.1) is 4.92 Å². The number of nitrogens with one attached hydrogen (secondary N) is 1. The van der Waals surface area contributed by atoms with E-state index < -0.39 is 4.92 Å². The predicted molar refractivity (Wildman–Crippen MR) is 71.1 cm³/mol. The molecule has 0 atom stereocenters. The molecular formula is C13H15N3O3. The van der Waals surface area contributed by atoms with Crippen LogP contribution in [0.25, 0.3) is 11.1 Å². The minimum Gasteiger partial charge on any atom is -0.423 e. The van der Waals surface area contributed by atoms with Crippen molar-refractivity contribution in [3.63, 3.8) is 0 Å². The number of hydrogen-bond acceptors (Lipinski definition) is 5. The number of oxazole rings is 1. The average Bonchev–Trinajstić information content (AvgIpc) is 3.11. The molecule has 0 saturated heterocycles. The maximum Gasteiger partial charge on any atom is 0.298 e. The molecule has 1 N–H and O–H groups in total. The maximum atomic E-state index is 10.9. The van der Waals surface area contributed by atoms with Crippen molar-refractivity contribution in [1.29, 1.82) is 0 Å². The lowest BCUT2D eigenvalue weighted by Crippen LogP contribution is -2.01. The summed E-state index contributed by atoms with van der Waals surface area (Å²) in [4.78, 5) is 14.6. The van der Waals surface area contributed by atoms with Gasteiger partial charge in [-0.05, 0) is 24.8 Å². The lowest BCUT2D eigenvalue weighted by atomic mass is 10.2. The zero-order valence-electron chi connectivity index (χ0n) is 10.5. The highest BCUT2D eigenvalue weighted by atomic mass is 16.6. The number of hydrogen-bond donors (Lipinski definition) is 1. The average molecular weight is 261 g/mol. The summed E-state index contributed by atoms with van der Waals surface area (Å²) in [5.74, 6) is 0.909. The third-order valence-electron chi connectivity index (χ3n) is 3.36. The second-order valence-electron chi connectivity index (χ2n) is 4.91. The Balaban J connectivity index is 1.69. The van der Waals surface area contributed by atoms with Crippen LogP contribution in [0, 0.1) is 16.0 Å². The first-order valence-corrected chi connectivity index (χ1v) is 6.52. The smallest absolute Gasteiger partial charge is 0.298 e. The van der Waals surface area contributed by atoms with Crippen LogP contribution in [-0.2, 0) is 0 Å². The van der Waals surface area contributed by atoms with E-state index in [9.17, 15) is 10.1 Å². The van der Waals surface area contributed by atoms with Gasteiger partial charge in [-0.1, -0.05) is 18.9 Å². The first-order chi connectivity index (χ1) is 9.24. The van der Waals surface area contributed by atoms with Crippen molar-refractivity contribution in [3.8, 4) is 0 Å². The topological polar surface area (TPSA) is 81.2 Å². The molecule has 1 saturated carbocycles. The molecule has 2 aromatic rings. The molecule has 0 aliphatic heterocycles. The maximum absolute atomic E-state index is 10.9. The number of nitro groups is 1. The van der Waals surface area contributed by atoms with Crippen molar-refractivity contribution >= 4 is 22.8 Å². The van der Waals surface area contributed by atoms with Crippen LogP contribution >= 0.6 is 0 Å². The number of non-ortho nitro benzene ring substituents is 1. The molecule has 1 fully saturated rings. The zero-order chi connectivity index (χ0) is 13.2. The van der Waals surface area contributed by atoms with Crippen LogP contribution < -0.4 is 5.32 Å². The fourth-order valence-electron chi connectivity index (χ4n) is 2.15. The second kappa shape index (κ2) is 4.87. The van der Waals surface area contributed by atoms with E-state index in [0.717, 1.165) is 18.9 Å². The van der Waals surface area contributed by atoms with Gasteiger partial charge < -0.3 is 9.73 Å². The van der Waals surface area contributed by atoms with Gasteiger partial charge in [0.15, 0.2) is 11.1 Å². The molecule has 1 heterocycles. The molecule has 0 unspecified atom stereocenters. The van der Waals surface area contributed by atoms with Gasteiger partial charge >= 0.3 is 0 Å². The monoisotopic (exact) mass is 261 g/mol. The second-order valence-corrected chi connectivity index (χ2v) is 4.91. The molecule has 6 heteroatoms. The highest BCUT2D eigenvalue weighted by Gasteiger charge is 2.20. The number of nitro benzene ring substituents is 1. The van der Waals surface area contributed by atoms with Gasteiger partial charge in [0.1, 0.15) is 0 Å². The van der Waals surface area contributed by atoms with Gasteiger partial charge in [-0.15, -0.1) is 0 Å². The number of anilines is 1. The molecule has 0 bridgehead atoms. The van der Waals surface area contributed by atoms with E-state index in [1.807, 2.05) is 0 Å². The number of aromatic nitrogens is 1. The molecule has 0 radical (unpaired) electrons. The molecule has 0 spiro atoms. The van der Waals surface area contributed by atoms with E-state index >= 15 is 0 Å². The van der Waals surface area contributed by atoms with E-state index in [1.54, 1.807) is 12.1 Å². The minimum absolute atomic E-state index is 0.0210. The molecule has 100 valence electrons. The van der Waals surface area contributed by atoms with Gasteiger partial charge in [0.2, 0.25) is 0 Å². The van der Waals surface area contributed by atoms with Crippen molar-refractivity contribution in [1.82, 2.24) is 4.98 Å². The lowest BCUT2D eigenvalue weighted by Gasteiger charge is -1.99. The van der Waals surface area contributed by atoms with E-state index in [1.165, 1.54) is 25.3 Å². The Morgan fingerprint density at radius 1 is 1.47 bits per heavy atom. The number of para-hydroxylation sites is 1. The number of nitrogens with zero attached hydrogens (tertiary/aromatic N) is 2. The Labute approximate surface area is 110 Å². The van der Waals surface area contributed by atoms with Crippen LogP contribution in [-0.4, -0.2) is 16.5 Å². The first kappa shape index (κ1) is 12.0. The van der Waals surface area contributed by atoms with Crippen molar-refractivity contribution in [2.45, 2.75) is 25.7 Å². The van der Waals surface area contributed by atoms with Crippen molar-refractivity contribution in [2.75, 3.05) is 11.9 Å². The van der Waals surface area contributed by atoms with Crippen molar-refractivity contribution < 1.29 is 9.34 Å². The quantitative estimate of drug-likeness (QED) is 0.490. The predicted octanol–water partition coefficient (Wildman–Crippen LogP) is 3.34. The summed E-state index contributed by atoms with van der Waals surface area (Å²) in [7, 11) is 0. The molecule has 1 aromatic heterocycles. The standard InChI is InChI=1S/C13H15N3O3/c17-16(18)10-4-1-5-11-12(10)15-13(19-11)14-8-2-3-9-6-7-9/h1,4-5,9H,2-3,6-8H2,(H,14,15). The molecule has 1 aliphatic carbocycles. The highest BCUT2D eigenvalue weighted by Crippen LogP contribution is 2.33. The van der Waals surface area contributed by atoms with Crippen LogP contribution in [0.3, 0.4) is 0 Å². The first-order valence-electron chi connectivity index (χ1n) is 6.52. The van der Waals surface area contributed by atoms with Gasteiger partial charge in [-0.2, -0.15) is 4.98 Å². The summed E-state index contributed by atoms with van der Waals surface area (Å²) in [6.07, 6.45) is 5.02. The molecule has 1 aromatic carbocycles. The van der Waals surface area contributed by atoms with Crippen LogP contribution in [0.15, 0.2) is 22.6 Å². The minimum atomic E-state index is -0.443. The SMILES string of the molecule is O=[N+]([O-])c1cccc2oc(NCCCC3CC3)nc12. The Bertz CT molecular complexity index is 604. The third-order valence-corrected chi connectivity index (χ3v) is 3.36. The normalized spacial score (nSPS) is 14.7. The Kier molecular flexibility index (Phi) is 3.06. The van der Waals surface area contributed by atoms with E-state index in [-0.39, 0.29) is 5.69 Å². The fourth-order valence-corrected chi connectivity index (χ4v) is 2.15. The number of rotatable bonds is 6. The van der Waals surface area contributed by atoms with Crippen LogP contribution in [0.5, 0.6) is 0 Å². The summed E-state index contributed by atoms with van der Waals surface area (Å²) >= 11 is 0. The van der Waals surface area contributed by atoms with Crippen molar-refractivity contribution in [3.05, 3.63) is 28.3 Å². The Hall–Kier alpha value is -2.11. The van der Waals surface area contributed by atoms with Gasteiger partial charge in [-0.25, -0.2) is 0 Å². The Morgan fingerprint density at radius 2 is 2.32 bits per heavy atom. The highest BCUT2D eigenvalue weighted by molar-refractivity contribution is 5.83. The molecular weight excluding hydrogens is 246 g/mol. The summed E-state index contributed by atoms with van der Waals surface area (Å²) in [6.45, 7) is 0.789. The van der Waals surface area contributed by atoms with E-state index in [0.29, 0.717) is 17.1 Å². The van der Waals surface area contributed by atoms with E-state index in [4.69, 9.17) is 4.42 Å². The third kappa shape index (κ3) is 2.67. The number of fused-ring (bicyclic) bond motifs is 1. The van der Waals surface area contributed by atoms with Crippen molar-refractivity contribution in [2.24, 2.45) is 5.92 Å². The van der Waals surface area contributed by atoms with Gasteiger partial charge in [0, 0.05) is 12.6 Å². The summed E-state index contributed by atoms with van der Waals surface area (Å²) < 4.78 is 5.45. The summed E-state index contributed by atoms with van der Waals surface area (Å²) in [6, 6.07) is 5.08. The Morgan fingerprint density at radius 3 is 3.05 bits per heavy atom. The van der Waals surface area contributed by atoms with Gasteiger partial charge in [0.25, 0.3) is 11.7 Å². The molecule has 19 heavy (non-hydrogen) atoms. The van der Waals surface area contributed by atoms with Gasteiger partial charge in [-0.3, -0.25) is 10.1 Å². The zero-order valence-corrected chi connectivity index (χ0v) is 10.5. The molecule has 3 rings (SSSR count). The molecule has 6 nitrogen and oxygen atoms in total. The summed E-state index contributed by atoms with van der Waals surface area (Å²) in [5, 5.41) is 14.0. The number of benzene rings is 1. The van der Waals surface area contributed by atoms with Crippen LogP contribution in [0.1, 0.15) is 25.7 Å². The van der Waals surface area contributed by atoms with Crippen LogP contribution in [0.4, 0.5) is 11.7 Å². The largest absolute Gasteiger partial charge is 0.423 e. The summed E-state index contributed by atoms with van der Waals surface area (Å²) in [5.41, 5.74) is 0.725. The lowest BCUT2D eigenvalue weighted by molar-refractivity contribution is -0.383. The molecule has 1 aliphatic rings. The molecule has 0 amide bonds. The van der Waals surface area contributed by atoms with Crippen LogP contribution in [0.2, 0.25) is 0 Å².